The minimum atomic E-state index is -0.903. The van der Waals surface area contributed by atoms with Gasteiger partial charge in [0.1, 0.15) is 11.4 Å². The van der Waals surface area contributed by atoms with Crippen LogP contribution in [-0.4, -0.2) is 54.4 Å². The third-order valence-corrected chi connectivity index (χ3v) is 4.69. The number of ether oxygens (including phenoxy) is 2. The van der Waals surface area contributed by atoms with Crippen molar-refractivity contribution in [3.8, 4) is 11.7 Å². The van der Waals surface area contributed by atoms with Crippen LogP contribution in [0.5, 0.6) is 5.88 Å². The van der Waals surface area contributed by atoms with E-state index in [1.165, 1.54) is 19.2 Å². The van der Waals surface area contributed by atoms with Crippen LogP contribution in [0.3, 0.4) is 0 Å². The Hall–Kier alpha value is -3.19. The van der Waals surface area contributed by atoms with Gasteiger partial charge in [-0.05, 0) is 31.9 Å². The van der Waals surface area contributed by atoms with Crippen LogP contribution in [0.1, 0.15) is 30.1 Å². The predicted molar refractivity (Wildman–Crippen MR) is 106 cm³/mol. The van der Waals surface area contributed by atoms with Crippen molar-refractivity contribution in [1.29, 1.82) is 0 Å². The largest absolute Gasteiger partial charge is 0.474 e. The van der Waals surface area contributed by atoms with E-state index in [2.05, 4.69) is 15.0 Å². The van der Waals surface area contributed by atoms with Gasteiger partial charge in [-0.3, -0.25) is 4.79 Å². The number of methoxy groups -OCH3 is 1. The molecule has 0 saturated heterocycles. The molecule has 30 heavy (non-hydrogen) atoms. The molecule has 0 aromatic carbocycles. The van der Waals surface area contributed by atoms with Gasteiger partial charge in [0.15, 0.2) is 23.5 Å². The van der Waals surface area contributed by atoms with Crippen molar-refractivity contribution >= 4 is 29.5 Å². The molecule has 11 nitrogen and oxygen atoms in total. The van der Waals surface area contributed by atoms with E-state index in [1.54, 1.807) is 6.92 Å². The molecule has 13 heteroatoms. The Kier molecular flexibility index (Phi) is 6.52. The summed E-state index contributed by atoms with van der Waals surface area (Å²) < 4.78 is 25.3. The van der Waals surface area contributed by atoms with Crippen LogP contribution in [0, 0.1) is 0 Å². The fourth-order valence-corrected chi connectivity index (χ4v) is 3.16. The number of aliphatic hydroxyl groups excluding tert-OH is 1. The van der Waals surface area contributed by atoms with E-state index in [4.69, 9.17) is 14.6 Å². The molecule has 0 radical (unpaired) electrons. The van der Waals surface area contributed by atoms with E-state index in [0.29, 0.717) is 16.8 Å². The number of imidazole rings is 1. The molecule has 0 spiro atoms. The van der Waals surface area contributed by atoms with Crippen molar-refractivity contribution in [3.63, 3.8) is 0 Å². The first kappa shape index (κ1) is 21.5. The van der Waals surface area contributed by atoms with Crippen LogP contribution in [0.4, 0.5) is 3.89 Å². The summed E-state index contributed by atoms with van der Waals surface area (Å²) in [5, 5.41) is 8.98. The second-order valence-electron chi connectivity index (χ2n) is 6.19. The second-order valence-corrected chi connectivity index (χ2v) is 6.70. The highest BCUT2D eigenvalue weighted by Crippen LogP contribution is 2.23. The zero-order valence-electron chi connectivity index (χ0n) is 16.0. The first-order valence-electron chi connectivity index (χ1n) is 8.80. The number of pyridine rings is 1. The van der Waals surface area contributed by atoms with E-state index in [-0.39, 0.29) is 35.0 Å². The van der Waals surface area contributed by atoms with Crippen LogP contribution in [0.15, 0.2) is 28.0 Å². The average molecular weight is 439 g/mol. The highest BCUT2D eigenvalue weighted by molar-refractivity contribution is 7.92. The lowest BCUT2D eigenvalue weighted by molar-refractivity contribution is 0.0591. The average Bonchev–Trinajstić information content (AvgIpc) is 3.04. The monoisotopic (exact) mass is 439 g/mol. The quantitative estimate of drug-likeness (QED) is 0.491. The molecule has 3 aromatic heterocycles. The van der Waals surface area contributed by atoms with Crippen molar-refractivity contribution in [3.05, 3.63) is 44.9 Å². The van der Waals surface area contributed by atoms with E-state index in [9.17, 15) is 18.3 Å². The van der Waals surface area contributed by atoms with Gasteiger partial charge in [0, 0.05) is 6.61 Å². The number of fused-ring (bicyclic) bond motifs is 1. The molecule has 160 valence electrons. The van der Waals surface area contributed by atoms with Crippen molar-refractivity contribution in [2.24, 2.45) is 0 Å². The number of hydrogen-bond donors (Lipinski definition) is 2. The number of esters is 1. The van der Waals surface area contributed by atoms with Gasteiger partial charge in [0.25, 0.3) is 5.56 Å². The first-order chi connectivity index (χ1) is 14.4. The van der Waals surface area contributed by atoms with Gasteiger partial charge in [-0.25, -0.2) is 19.1 Å². The molecule has 0 aliphatic rings. The smallest absolute Gasteiger partial charge is 0.348 e. The van der Waals surface area contributed by atoms with Gasteiger partial charge in [0.05, 0.1) is 19.5 Å². The zero-order valence-corrected chi connectivity index (χ0v) is 16.8. The fourth-order valence-electron chi connectivity index (χ4n) is 2.82. The van der Waals surface area contributed by atoms with Crippen LogP contribution >= 0.6 is 12.3 Å². The Bertz CT molecular complexity index is 1190. The molecule has 0 saturated carbocycles. The number of nitrogens with one attached hydrogen (secondary N) is 1. The Morgan fingerprint density at radius 2 is 2.17 bits per heavy atom. The van der Waals surface area contributed by atoms with E-state index in [1.807, 2.05) is 0 Å². The lowest BCUT2D eigenvalue weighted by atomic mass is 10.2. The molecule has 3 heterocycles. The topological polar surface area (TPSA) is 141 Å². The zero-order chi connectivity index (χ0) is 21.8. The lowest BCUT2D eigenvalue weighted by Crippen LogP contribution is -2.23. The van der Waals surface area contributed by atoms with Crippen molar-refractivity contribution in [2.75, 3.05) is 13.7 Å². The maximum Gasteiger partial charge on any atom is 0.348 e. The van der Waals surface area contributed by atoms with E-state index >= 15 is 0 Å². The SMILES string of the molecule is COC(=O)c1ccc(-n2c(=O)n(SF)c3nc[nH]c(=O)c32)nc1OC(C)CCCO. The third kappa shape index (κ3) is 3.93. The van der Waals surface area contributed by atoms with Gasteiger partial charge >= 0.3 is 11.7 Å². The summed E-state index contributed by atoms with van der Waals surface area (Å²) in [6.45, 7) is 1.69. The van der Waals surface area contributed by atoms with Crippen LogP contribution in [-0.2, 0) is 4.74 Å². The fraction of sp³-hybridized carbons (Fsp3) is 0.353. The summed E-state index contributed by atoms with van der Waals surface area (Å²) in [7, 11) is 1.19. The second kappa shape index (κ2) is 9.09. The predicted octanol–water partition coefficient (Wildman–Crippen LogP) is 0.978. The minimum Gasteiger partial charge on any atom is -0.474 e. The van der Waals surface area contributed by atoms with Gasteiger partial charge in [-0.15, -0.1) is 3.89 Å². The molecule has 2 N–H and O–H groups in total. The number of aromatic nitrogens is 5. The molecule has 3 rings (SSSR count). The molecule has 0 fully saturated rings. The number of nitrogens with zero attached hydrogens (tertiary/aromatic N) is 4. The summed E-state index contributed by atoms with van der Waals surface area (Å²) in [4.78, 5) is 47.5. The summed E-state index contributed by atoms with van der Waals surface area (Å²) in [6.07, 6.45) is 1.57. The van der Waals surface area contributed by atoms with Gasteiger partial charge in [0.2, 0.25) is 5.88 Å². The maximum absolute atomic E-state index is 13.3. The van der Waals surface area contributed by atoms with Crippen LogP contribution < -0.4 is 16.0 Å². The number of aromatic amines is 1. The Morgan fingerprint density at radius 1 is 1.40 bits per heavy atom. The molecule has 0 amide bonds. The van der Waals surface area contributed by atoms with Crippen molar-refractivity contribution in [2.45, 2.75) is 25.9 Å². The highest BCUT2D eigenvalue weighted by Gasteiger charge is 2.23. The molecule has 3 aromatic rings. The molecule has 1 unspecified atom stereocenters. The minimum absolute atomic E-state index is 0.000728. The number of carbonyl (C=O) groups excluding carboxylic acids is 1. The highest BCUT2D eigenvalue weighted by atomic mass is 32.2. The maximum atomic E-state index is 13.3. The van der Waals surface area contributed by atoms with E-state index in [0.717, 1.165) is 10.9 Å². The standard InChI is InChI=1S/C17H18FN5O6S/c1-9(4-3-7-24)29-15-10(16(26)28-2)5-6-11(21-15)22-12-13(19-8-20-14(12)25)23(30-18)17(22)27/h5-6,8-9,24H,3-4,7H2,1-2H3,(H,19,20,25). The van der Waals surface area contributed by atoms with E-state index < -0.39 is 35.7 Å². The molecule has 0 aliphatic heterocycles. The molecular weight excluding hydrogens is 421 g/mol. The first-order valence-corrected chi connectivity index (χ1v) is 9.47. The number of halogens is 1. The van der Waals surface area contributed by atoms with Gasteiger partial charge < -0.3 is 19.6 Å². The molecule has 0 bridgehead atoms. The van der Waals surface area contributed by atoms with Crippen molar-refractivity contribution < 1.29 is 23.3 Å². The van der Waals surface area contributed by atoms with Gasteiger partial charge in [-0.2, -0.15) is 8.96 Å². The number of rotatable bonds is 8. The van der Waals surface area contributed by atoms with Crippen LogP contribution in [0.25, 0.3) is 17.0 Å². The molecule has 1 atom stereocenters. The third-order valence-electron chi connectivity index (χ3n) is 4.22. The summed E-state index contributed by atoms with van der Waals surface area (Å²) in [5.41, 5.74) is -1.98. The Balaban J connectivity index is 2.19. The van der Waals surface area contributed by atoms with Crippen molar-refractivity contribution in [1.82, 2.24) is 23.5 Å². The summed E-state index contributed by atoms with van der Waals surface area (Å²) in [6, 6.07) is 2.63. The number of hydrogen-bond acceptors (Lipinski definition) is 9. The molecule has 0 aliphatic carbocycles. The number of carbonyl (C=O) groups is 1. The van der Waals surface area contributed by atoms with Crippen LogP contribution in [0.2, 0.25) is 0 Å². The lowest BCUT2D eigenvalue weighted by Gasteiger charge is -2.16. The summed E-state index contributed by atoms with van der Waals surface area (Å²) in [5.74, 6) is -0.925. The number of aliphatic hydroxyl groups is 1. The van der Waals surface area contributed by atoms with Gasteiger partial charge in [-0.1, -0.05) is 0 Å². The summed E-state index contributed by atoms with van der Waals surface area (Å²) >= 11 is -0.404. The molecular formula is C17H18FN5O6S. The normalized spacial score (nSPS) is 12.1. The Morgan fingerprint density at radius 3 is 2.83 bits per heavy atom. The number of H-pyrrole nitrogens is 1. The Labute approximate surface area is 172 Å².